The van der Waals surface area contributed by atoms with Crippen molar-refractivity contribution in [1.29, 1.82) is 0 Å². The number of hydrogen-bond donors (Lipinski definition) is 0. The number of carbonyl (C=O) groups is 1. The van der Waals surface area contributed by atoms with Gasteiger partial charge in [0, 0.05) is 0 Å². The van der Waals surface area contributed by atoms with Crippen molar-refractivity contribution >= 4 is 5.78 Å². The van der Waals surface area contributed by atoms with Gasteiger partial charge < -0.3 is 4.74 Å². The van der Waals surface area contributed by atoms with E-state index in [2.05, 4.69) is 6.92 Å². The second-order valence-electron chi connectivity index (χ2n) is 6.59. The molecule has 114 valence electrons. The molecule has 0 radical (unpaired) electrons. The van der Waals surface area contributed by atoms with Crippen molar-refractivity contribution in [3.8, 4) is 5.75 Å². The second-order valence-corrected chi connectivity index (χ2v) is 6.59. The first-order valence-corrected chi connectivity index (χ1v) is 8.61. The Morgan fingerprint density at radius 1 is 1.14 bits per heavy atom. The molecule has 1 fully saturated rings. The number of ketones is 1. The van der Waals surface area contributed by atoms with Crippen molar-refractivity contribution in [1.82, 2.24) is 0 Å². The van der Waals surface area contributed by atoms with E-state index in [4.69, 9.17) is 4.74 Å². The van der Waals surface area contributed by atoms with Crippen LogP contribution in [-0.4, -0.2) is 11.9 Å². The fraction of sp³-hybridized carbons (Fsp3) is 0.632. The van der Waals surface area contributed by atoms with Gasteiger partial charge in [-0.3, -0.25) is 4.79 Å². The van der Waals surface area contributed by atoms with E-state index >= 15 is 0 Å². The summed E-state index contributed by atoms with van der Waals surface area (Å²) in [7, 11) is 0. The number of Topliss-reactive ketones (excluding diaryl/α,β-unsaturated/α-hetero) is 1. The van der Waals surface area contributed by atoms with Gasteiger partial charge in [-0.05, 0) is 37.3 Å². The highest BCUT2D eigenvalue weighted by Crippen LogP contribution is 2.40. The van der Waals surface area contributed by atoms with Gasteiger partial charge in [0.25, 0.3) is 0 Å². The summed E-state index contributed by atoms with van der Waals surface area (Å²) in [5.74, 6) is 1.77. The van der Waals surface area contributed by atoms with E-state index in [1.807, 2.05) is 24.3 Å². The van der Waals surface area contributed by atoms with Crippen molar-refractivity contribution in [2.45, 2.75) is 64.4 Å². The van der Waals surface area contributed by atoms with Crippen LogP contribution in [0.5, 0.6) is 5.75 Å². The number of rotatable bonds is 4. The standard InChI is InChI=1S/C19H26O2/c1-2-3-11-16-18(20)15-12-7-8-13-17(15)21-19(16)14-9-5-4-6-10-14/h7-8,12-14,16,19H,2-6,9-11H2,1H3/t16-,19+/m1/s1. The van der Waals surface area contributed by atoms with Gasteiger partial charge >= 0.3 is 0 Å². The predicted molar refractivity (Wildman–Crippen MR) is 84.8 cm³/mol. The molecule has 0 saturated heterocycles. The lowest BCUT2D eigenvalue weighted by Crippen LogP contribution is -2.43. The van der Waals surface area contributed by atoms with Crippen LogP contribution in [-0.2, 0) is 0 Å². The van der Waals surface area contributed by atoms with Crippen LogP contribution in [0.1, 0.15) is 68.6 Å². The quantitative estimate of drug-likeness (QED) is 0.777. The van der Waals surface area contributed by atoms with Crippen molar-refractivity contribution in [2.24, 2.45) is 11.8 Å². The number of unbranched alkanes of at least 4 members (excludes halogenated alkanes) is 1. The van der Waals surface area contributed by atoms with E-state index in [1.54, 1.807) is 0 Å². The summed E-state index contributed by atoms with van der Waals surface area (Å²) in [6.07, 6.45) is 9.72. The van der Waals surface area contributed by atoms with Crippen LogP contribution < -0.4 is 4.74 Å². The highest BCUT2D eigenvalue weighted by atomic mass is 16.5. The molecule has 2 nitrogen and oxygen atoms in total. The first kappa shape index (κ1) is 14.6. The molecule has 1 aromatic rings. The summed E-state index contributed by atoms with van der Waals surface area (Å²) < 4.78 is 6.33. The van der Waals surface area contributed by atoms with Crippen molar-refractivity contribution in [3.63, 3.8) is 0 Å². The molecular formula is C19H26O2. The molecule has 0 aromatic heterocycles. The summed E-state index contributed by atoms with van der Waals surface area (Å²) in [6.45, 7) is 2.19. The molecule has 2 heteroatoms. The van der Waals surface area contributed by atoms with Gasteiger partial charge in [0.1, 0.15) is 11.9 Å². The molecule has 0 spiro atoms. The molecule has 1 aliphatic heterocycles. The lowest BCUT2D eigenvalue weighted by Gasteiger charge is -2.39. The van der Waals surface area contributed by atoms with Gasteiger partial charge in [0.05, 0.1) is 11.5 Å². The third-order valence-electron chi connectivity index (χ3n) is 5.13. The maximum atomic E-state index is 12.9. The summed E-state index contributed by atoms with van der Waals surface area (Å²) >= 11 is 0. The molecule has 0 unspecified atom stereocenters. The van der Waals surface area contributed by atoms with Crippen molar-refractivity contribution in [3.05, 3.63) is 29.8 Å². The van der Waals surface area contributed by atoms with E-state index in [0.29, 0.717) is 11.7 Å². The summed E-state index contributed by atoms with van der Waals surface area (Å²) in [4.78, 5) is 12.9. The summed E-state index contributed by atoms with van der Waals surface area (Å²) in [6, 6.07) is 7.79. The molecule has 3 rings (SSSR count). The smallest absolute Gasteiger partial charge is 0.173 e. The molecule has 1 heterocycles. The van der Waals surface area contributed by atoms with Crippen molar-refractivity contribution in [2.75, 3.05) is 0 Å². The third-order valence-corrected chi connectivity index (χ3v) is 5.13. The Labute approximate surface area is 127 Å². The monoisotopic (exact) mass is 286 g/mol. The van der Waals surface area contributed by atoms with E-state index < -0.39 is 0 Å². The summed E-state index contributed by atoms with van der Waals surface area (Å²) in [5.41, 5.74) is 0.797. The Bertz CT molecular complexity index is 488. The molecule has 0 N–H and O–H groups in total. The van der Waals surface area contributed by atoms with Gasteiger partial charge in [-0.1, -0.05) is 51.2 Å². The number of benzene rings is 1. The zero-order valence-corrected chi connectivity index (χ0v) is 13.0. The zero-order chi connectivity index (χ0) is 14.7. The first-order valence-electron chi connectivity index (χ1n) is 8.61. The number of para-hydroxylation sites is 1. The molecule has 1 aromatic carbocycles. The molecule has 1 saturated carbocycles. The minimum atomic E-state index is 0.0722. The van der Waals surface area contributed by atoms with Crippen LogP contribution in [0.4, 0.5) is 0 Å². The minimum absolute atomic E-state index is 0.0722. The average Bonchev–Trinajstić information content (AvgIpc) is 2.55. The number of fused-ring (bicyclic) bond motifs is 1. The Balaban J connectivity index is 1.87. The minimum Gasteiger partial charge on any atom is -0.489 e. The Morgan fingerprint density at radius 3 is 2.67 bits per heavy atom. The first-order chi connectivity index (χ1) is 10.3. The second kappa shape index (κ2) is 6.64. The fourth-order valence-corrected chi connectivity index (χ4v) is 3.96. The highest BCUT2D eigenvalue weighted by Gasteiger charge is 2.40. The van der Waals surface area contributed by atoms with Crippen LogP contribution in [0, 0.1) is 11.8 Å². The van der Waals surface area contributed by atoms with Crippen LogP contribution in [0.3, 0.4) is 0 Å². The largest absolute Gasteiger partial charge is 0.489 e. The third kappa shape index (κ3) is 3.00. The lowest BCUT2D eigenvalue weighted by atomic mass is 9.75. The van der Waals surface area contributed by atoms with Gasteiger partial charge in [-0.2, -0.15) is 0 Å². The van der Waals surface area contributed by atoms with Crippen LogP contribution >= 0.6 is 0 Å². The maximum Gasteiger partial charge on any atom is 0.173 e. The molecule has 0 bridgehead atoms. The van der Waals surface area contributed by atoms with Gasteiger partial charge in [0.2, 0.25) is 0 Å². The Kier molecular flexibility index (Phi) is 4.62. The number of hydrogen-bond acceptors (Lipinski definition) is 2. The average molecular weight is 286 g/mol. The molecule has 0 amide bonds. The molecule has 2 atom stereocenters. The summed E-state index contributed by atoms with van der Waals surface area (Å²) in [5, 5.41) is 0. The maximum absolute atomic E-state index is 12.9. The number of ether oxygens (including phenoxy) is 1. The molecule has 2 aliphatic rings. The lowest BCUT2D eigenvalue weighted by molar-refractivity contribution is 0.0324. The van der Waals surface area contributed by atoms with Gasteiger partial charge in [0.15, 0.2) is 5.78 Å². The Morgan fingerprint density at radius 2 is 1.90 bits per heavy atom. The molecule has 21 heavy (non-hydrogen) atoms. The fourth-order valence-electron chi connectivity index (χ4n) is 3.96. The normalized spacial score (nSPS) is 26.2. The topological polar surface area (TPSA) is 26.3 Å². The van der Waals surface area contributed by atoms with Gasteiger partial charge in [-0.25, -0.2) is 0 Å². The van der Waals surface area contributed by atoms with E-state index in [0.717, 1.165) is 30.6 Å². The van der Waals surface area contributed by atoms with E-state index in [-0.39, 0.29) is 12.0 Å². The zero-order valence-electron chi connectivity index (χ0n) is 13.0. The van der Waals surface area contributed by atoms with Crippen LogP contribution in [0.2, 0.25) is 0 Å². The van der Waals surface area contributed by atoms with Crippen molar-refractivity contribution < 1.29 is 9.53 Å². The van der Waals surface area contributed by atoms with E-state index in [9.17, 15) is 4.79 Å². The Hall–Kier alpha value is -1.31. The molecule has 1 aliphatic carbocycles. The number of carbonyl (C=O) groups excluding carboxylic acids is 1. The predicted octanol–water partition coefficient (Wildman–Crippen LogP) is 5.02. The SMILES string of the molecule is CCCC[C@@H]1C(=O)c2ccccc2O[C@H]1C1CCCCC1. The van der Waals surface area contributed by atoms with Gasteiger partial charge in [-0.15, -0.1) is 0 Å². The van der Waals surface area contributed by atoms with Crippen LogP contribution in [0.15, 0.2) is 24.3 Å². The highest BCUT2D eigenvalue weighted by molar-refractivity contribution is 6.01. The van der Waals surface area contributed by atoms with Crippen LogP contribution in [0.25, 0.3) is 0 Å². The van der Waals surface area contributed by atoms with E-state index in [1.165, 1.54) is 32.1 Å². The molecular weight excluding hydrogens is 260 g/mol.